The van der Waals surface area contributed by atoms with Gasteiger partial charge in [0.25, 0.3) is 5.91 Å². The molecule has 0 bridgehead atoms. The number of carbonyl (C=O) groups excluding carboxylic acids is 1. The number of hydrogen-bond donors (Lipinski definition) is 0. The van der Waals surface area contributed by atoms with Crippen molar-refractivity contribution < 1.29 is 9.21 Å². The molecule has 5 rings (SSSR count). The van der Waals surface area contributed by atoms with Crippen LogP contribution in [-0.4, -0.2) is 57.0 Å². The topological polar surface area (TPSA) is 80.3 Å². The monoisotopic (exact) mass is 476 g/mol. The Labute approximate surface area is 202 Å². The number of carbonyl (C=O) groups is 1. The summed E-state index contributed by atoms with van der Waals surface area (Å²) in [6.45, 7) is 1.77. The first kappa shape index (κ1) is 22.5. The molecule has 4 aromatic rings. The molecule has 3 heterocycles. The minimum Gasteiger partial charge on any atom is -0.421 e. The number of aromatic nitrogens is 4. The molecule has 0 aliphatic heterocycles. The highest BCUT2D eigenvalue weighted by atomic mass is 32.1. The SMILES string of the molecule is Cc1nnc(-c2cccc(-n3ccc(N(C(=O)c4cccs4)C4CCC(N(C)C)CC4)n3)c2)o1. The Morgan fingerprint density at radius 3 is 2.53 bits per heavy atom. The average Bonchev–Trinajstić information content (AvgIpc) is 3.62. The molecule has 0 saturated heterocycles. The molecule has 9 heteroatoms. The fourth-order valence-electron chi connectivity index (χ4n) is 4.59. The van der Waals surface area contributed by atoms with Crippen molar-refractivity contribution in [2.45, 2.75) is 44.7 Å². The van der Waals surface area contributed by atoms with Crippen molar-refractivity contribution in [1.29, 1.82) is 0 Å². The van der Waals surface area contributed by atoms with Gasteiger partial charge in [0.2, 0.25) is 11.8 Å². The number of aryl methyl sites for hydroxylation is 1. The summed E-state index contributed by atoms with van der Waals surface area (Å²) in [6.07, 6.45) is 5.95. The highest BCUT2D eigenvalue weighted by Crippen LogP contribution is 2.31. The van der Waals surface area contributed by atoms with Crippen LogP contribution in [0.4, 0.5) is 5.82 Å². The smallest absolute Gasteiger partial charge is 0.269 e. The molecule has 1 aliphatic rings. The zero-order valence-electron chi connectivity index (χ0n) is 19.6. The van der Waals surface area contributed by atoms with Gasteiger partial charge in [0.15, 0.2) is 5.82 Å². The van der Waals surface area contributed by atoms with Gasteiger partial charge in [0.05, 0.1) is 10.6 Å². The summed E-state index contributed by atoms with van der Waals surface area (Å²) in [7, 11) is 4.26. The summed E-state index contributed by atoms with van der Waals surface area (Å²) >= 11 is 1.47. The Kier molecular flexibility index (Phi) is 6.30. The quantitative estimate of drug-likeness (QED) is 0.397. The van der Waals surface area contributed by atoms with Crippen LogP contribution in [0.15, 0.2) is 58.5 Å². The van der Waals surface area contributed by atoms with E-state index in [9.17, 15) is 4.79 Å². The van der Waals surface area contributed by atoms with E-state index >= 15 is 0 Å². The molecule has 1 amide bonds. The molecular formula is C25H28N6O2S. The molecule has 176 valence electrons. The van der Waals surface area contributed by atoms with E-state index in [4.69, 9.17) is 9.52 Å². The van der Waals surface area contributed by atoms with Crippen molar-refractivity contribution in [3.05, 3.63) is 64.8 Å². The van der Waals surface area contributed by atoms with E-state index < -0.39 is 0 Å². The zero-order chi connectivity index (χ0) is 23.7. The Morgan fingerprint density at radius 1 is 1.06 bits per heavy atom. The molecule has 0 N–H and O–H groups in total. The molecule has 0 spiro atoms. The lowest BCUT2D eigenvalue weighted by atomic mass is 9.89. The van der Waals surface area contributed by atoms with Crippen molar-refractivity contribution in [3.8, 4) is 17.1 Å². The highest BCUT2D eigenvalue weighted by molar-refractivity contribution is 7.12. The van der Waals surface area contributed by atoms with Gasteiger partial charge in [-0.15, -0.1) is 26.6 Å². The summed E-state index contributed by atoms with van der Waals surface area (Å²) in [5.74, 6) is 1.68. The summed E-state index contributed by atoms with van der Waals surface area (Å²) in [5, 5.41) is 14.8. The molecule has 0 atom stereocenters. The third kappa shape index (κ3) is 4.53. The average molecular weight is 477 g/mol. The number of hydrogen-bond acceptors (Lipinski definition) is 7. The third-order valence-electron chi connectivity index (χ3n) is 6.42. The predicted molar refractivity (Wildman–Crippen MR) is 132 cm³/mol. The number of thiophene rings is 1. The van der Waals surface area contributed by atoms with Crippen LogP contribution in [0.2, 0.25) is 0 Å². The summed E-state index contributed by atoms with van der Waals surface area (Å²) in [6, 6.07) is 14.2. The number of nitrogens with zero attached hydrogens (tertiary/aromatic N) is 6. The number of amides is 1. The molecule has 1 fully saturated rings. The normalized spacial score (nSPS) is 18.4. The fraction of sp³-hybridized carbons (Fsp3) is 0.360. The van der Waals surface area contributed by atoms with E-state index in [0.29, 0.717) is 23.6 Å². The minimum atomic E-state index is 0.0173. The van der Waals surface area contributed by atoms with Gasteiger partial charge in [-0.05, 0) is 69.4 Å². The second-order valence-electron chi connectivity index (χ2n) is 8.87. The van der Waals surface area contributed by atoms with Gasteiger partial charge in [-0.1, -0.05) is 12.1 Å². The van der Waals surface area contributed by atoms with Gasteiger partial charge >= 0.3 is 0 Å². The van der Waals surface area contributed by atoms with Gasteiger partial charge in [0, 0.05) is 36.8 Å². The first-order valence-electron chi connectivity index (χ1n) is 11.5. The first-order valence-corrected chi connectivity index (χ1v) is 12.4. The minimum absolute atomic E-state index is 0.0173. The van der Waals surface area contributed by atoms with Crippen LogP contribution >= 0.6 is 11.3 Å². The first-order chi connectivity index (χ1) is 16.5. The molecule has 1 aliphatic carbocycles. The molecule has 34 heavy (non-hydrogen) atoms. The van der Waals surface area contributed by atoms with Gasteiger partial charge in [-0.2, -0.15) is 0 Å². The molecule has 0 radical (unpaired) electrons. The van der Waals surface area contributed by atoms with Crippen LogP contribution < -0.4 is 4.90 Å². The second-order valence-corrected chi connectivity index (χ2v) is 9.82. The summed E-state index contributed by atoms with van der Waals surface area (Å²) in [4.78, 5) is 18.5. The molecular weight excluding hydrogens is 448 g/mol. The van der Waals surface area contributed by atoms with Crippen LogP contribution in [0.3, 0.4) is 0 Å². The van der Waals surface area contributed by atoms with E-state index in [1.54, 1.807) is 11.6 Å². The Balaban J connectivity index is 1.44. The molecule has 0 unspecified atom stereocenters. The van der Waals surface area contributed by atoms with Crippen LogP contribution in [0.5, 0.6) is 0 Å². The molecule has 8 nitrogen and oxygen atoms in total. The molecule has 1 aromatic carbocycles. The predicted octanol–water partition coefficient (Wildman–Crippen LogP) is 4.81. The van der Waals surface area contributed by atoms with E-state index in [-0.39, 0.29) is 11.9 Å². The van der Waals surface area contributed by atoms with Gasteiger partial charge in [-0.3, -0.25) is 9.69 Å². The lowest BCUT2D eigenvalue weighted by molar-refractivity contribution is 0.0966. The van der Waals surface area contributed by atoms with E-state index in [2.05, 4.69) is 29.2 Å². The lowest BCUT2D eigenvalue weighted by Gasteiger charge is -2.37. The highest BCUT2D eigenvalue weighted by Gasteiger charge is 2.32. The van der Waals surface area contributed by atoms with Crippen molar-refractivity contribution in [3.63, 3.8) is 0 Å². The van der Waals surface area contributed by atoms with Crippen molar-refractivity contribution in [1.82, 2.24) is 24.9 Å². The standard InChI is InChI=1S/C25H28N6O2S/c1-17-26-27-24(33-17)18-6-4-7-21(16-18)30-14-13-23(28-30)31(25(32)22-8-5-15-34-22)20-11-9-19(10-12-20)29(2)3/h4-8,13-16,19-20H,9-12H2,1-3H3. The van der Waals surface area contributed by atoms with Gasteiger partial charge in [0.1, 0.15) is 0 Å². The Hall–Kier alpha value is -3.30. The second kappa shape index (κ2) is 9.52. The number of rotatable bonds is 6. The lowest BCUT2D eigenvalue weighted by Crippen LogP contribution is -2.45. The zero-order valence-corrected chi connectivity index (χ0v) is 20.4. The van der Waals surface area contributed by atoms with E-state index in [1.165, 1.54) is 11.3 Å². The van der Waals surface area contributed by atoms with Crippen molar-refractivity contribution in [2.75, 3.05) is 19.0 Å². The maximum Gasteiger partial charge on any atom is 0.269 e. The molecule has 3 aromatic heterocycles. The summed E-state index contributed by atoms with van der Waals surface area (Å²) in [5.41, 5.74) is 1.68. The maximum atomic E-state index is 13.6. The van der Waals surface area contributed by atoms with E-state index in [0.717, 1.165) is 41.8 Å². The number of benzene rings is 1. The van der Waals surface area contributed by atoms with Crippen molar-refractivity contribution >= 4 is 23.1 Å². The Bertz CT molecular complexity index is 1250. The van der Waals surface area contributed by atoms with E-state index in [1.807, 2.05) is 58.9 Å². The molecule has 1 saturated carbocycles. The maximum absolute atomic E-state index is 13.6. The van der Waals surface area contributed by atoms with Crippen molar-refractivity contribution in [2.24, 2.45) is 0 Å². The van der Waals surface area contributed by atoms with Crippen LogP contribution in [0, 0.1) is 6.92 Å². The van der Waals surface area contributed by atoms with Crippen LogP contribution in [-0.2, 0) is 0 Å². The summed E-state index contributed by atoms with van der Waals surface area (Å²) < 4.78 is 7.37. The largest absolute Gasteiger partial charge is 0.421 e. The van der Waals surface area contributed by atoms with Gasteiger partial charge in [-0.25, -0.2) is 4.68 Å². The number of anilines is 1. The van der Waals surface area contributed by atoms with Crippen LogP contribution in [0.25, 0.3) is 17.1 Å². The van der Waals surface area contributed by atoms with Gasteiger partial charge < -0.3 is 9.32 Å². The fourth-order valence-corrected chi connectivity index (χ4v) is 5.25. The Morgan fingerprint density at radius 2 is 1.85 bits per heavy atom. The third-order valence-corrected chi connectivity index (χ3v) is 7.28. The van der Waals surface area contributed by atoms with Crippen LogP contribution in [0.1, 0.15) is 41.2 Å².